The van der Waals surface area contributed by atoms with Crippen molar-refractivity contribution in [1.29, 1.82) is 0 Å². The predicted octanol–water partition coefficient (Wildman–Crippen LogP) is 5.51. The van der Waals surface area contributed by atoms with Crippen LogP contribution in [0.1, 0.15) is 43.2 Å². The molecule has 0 aromatic heterocycles. The van der Waals surface area contributed by atoms with E-state index in [1.807, 2.05) is 19.2 Å². The van der Waals surface area contributed by atoms with Gasteiger partial charge in [-0.3, -0.25) is 4.79 Å². The number of methoxy groups -OCH3 is 2. The van der Waals surface area contributed by atoms with Crippen molar-refractivity contribution in [2.45, 2.75) is 56.1 Å². The molecule has 2 aliphatic carbocycles. The van der Waals surface area contributed by atoms with E-state index in [1.54, 1.807) is 19.2 Å². The van der Waals surface area contributed by atoms with Crippen LogP contribution in [0.5, 0.6) is 5.75 Å². The smallest absolute Gasteiger partial charge is 0.224 e. The maximum Gasteiger partial charge on any atom is 0.224 e. The van der Waals surface area contributed by atoms with E-state index in [2.05, 4.69) is 28.4 Å². The molecule has 2 aromatic rings. The molecule has 2 saturated carbocycles. The molecule has 1 N–H and O–H groups in total. The summed E-state index contributed by atoms with van der Waals surface area (Å²) in [5.41, 5.74) is 2.08. The Morgan fingerprint density at radius 2 is 1.97 bits per heavy atom. The van der Waals surface area contributed by atoms with Gasteiger partial charge in [0.05, 0.1) is 29.7 Å². The molecule has 36 heavy (non-hydrogen) atoms. The number of carbonyl (C=O) groups is 1. The van der Waals surface area contributed by atoms with Gasteiger partial charge in [0.1, 0.15) is 5.75 Å². The molecule has 4 atom stereocenters. The number of likely N-dealkylation sites (tertiary alicyclic amines) is 1. The van der Waals surface area contributed by atoms with Gasteiger partial charge < -0.3 is 19.7 Å². The largest absolute Gasteiger partial charge is 0.497 e. The molecule has 7 heteroatoms. The van der Waals surface area contributed by atoms with Crippen molar-refractivity contribution in [2.75, 3.05) is 33.9 Å². The summed E-state index contributed by atoms with van der Waals surface area (Å²) in [4.78, 5) is 15.7. The number of piperidine rings is 1. The normalized spacial score (nSPS) is 28.4. The molecule has 1 amide bonds. The summed E-state index contributed by atoms with van der Waals surface area (Å²) in [7, 11) is 3.54. The second-order valence-electron chi connectivity index (χ2n) is 10.9. The molecule has 1 saturated heterocycles. The molecule has 5 rings (SSSR count). The van der Waals surface area contributed by atoms with Crippen LogP contribution in [0.2, 0.25) is 10.0 Å². The van der Waals surface area contributed by atoms with Crippen molar-refractivity contribution in [2.24, 2.45) is 11.8 Å². The van der Waals surface area contributed by atoms with Crippen LogP contribution >= 0.6 is 23.2 Å². The second-order valence-corrected chi connectivity index (χ2v) is 11.7. The van der Waals surface area contributed by atoms with Crippen LogP contribution in [0.3, 0.4) is 0 Å². The summed E-state index contributed by atoms with van der Waals surface area (Å²) in [5, 5.41) is 4.30. The monoisotopic (exact) mass is 530 g/mol. The minimum absolute atomic E-state index is 0.00125. The quantitative estimate of drug-likeness (QED) is 0.488. The summed E-state index contributed by atoms with van der Waals surface area (Å²) in [6, 6.07) is 13.9. The molecule has 3 fully saturated rings. The highest BCUT2D eigenvalue weighted by atomic mass is 35.5. The maximum atomic E-state index is 13.1. The van der Waals surface area contributed by atoms with Crippen LogP contribution in [0.4, 0.5) is 0 Å². The minimum Gasteiger partial charge on any atom is -0.497 e. The Kier molecular flexibility index (Phi) is 7.83. The molecular formula is C29H36Cl2N2O3. The van der Waals surface area contributed by atoms with E-state index in [0.717, 1.165) is 49.6 Å². The van der Waals surface area contributed by atoms with Crippen LogP contribution in [0.25, 0.3) is 0 Å². The first-order valence-corrected chi connectivity index (χ1v) is 13.8. The molecular weight excluding hydrogens is 495 g/mol. The fourth-order valence-corrected chi connectivity index (χ4v) is 6.83. The number of halogens is 2. The second kappa shape index (κ2) is 10.9. The van der Waals surface area contributed by atoms with Crippen molar-refractivity contribution < 1.29 is 14.3 Å². The third kappa shape index (κ3) is 5.55. The van der Waals surface area contributed by atoms with Crippen LogP contribution < -0.4 is 10.1 Å². The van der Waals surface area contributed by atoms with Gasteiger partial charge in [-0.25, -0.2) is 0 Å². The standard InChI is InChI=1S/C29H36Cl2N2O3/c1-35-23-5-3-4-21(14-23)29-10-11-33(17-19-6-7-19)18-24(29)27(36-2)15-22(16-29)32-28(34)13-20-8-9-25(30)26(31)12-20/h3-5,8-9,12,14,19,22,24,27H,6-7,10-11,13,15-18H2,1-2H3,(H,32,34). The van der Waals surface area contributed by atoms with Gasteiger partial charge in [-0.2, -0.15) is 0 Å². The average Bonchev–Trinajstić information content (AvgIpc) is 3.70. The van der Waals surface area contributed by atoms with E-state index in [1.165, 1.54) is 24.9 Å². The SMILES string of the molecule is COc1cccc(C23CCN(CC4CC4)CC2C(OC)CC(NC(=O)Cc2ccc(Cl)c(Cl)c2)C3)c1. The lowest BCUT2D eigenvalue weighted by atomic mass is 9.57. The fraction of sp³-hybridized carbons (Fsp3) is 0.552. The zero-order chi connectivity index (χ0) is 25.3. The number of nitrogens with one attached hydrogen (secondary N) is 1. The molecule has 0 radical (unpaired) electrons. The highest BCUT2D eigenvalue weighted by Gasteiger charge is 2.53. The van der Waals surface area contributed by atoms with Crippen molar-refractivity contribution in [3.8, 4) is 5.75 Å². The number of rotatable bonds is 8. The van der Waals surface area contributed by atoms with Crippen LogP contribution in [0, 0.1) is 11.8 Å². The lowest BCUT2D eigenvalue weighted by Gasteiger charge is -2.55. The third-order valence-electron chi connectivity index (χ3n) is 8.49. The number of amides is 1. The molecule has 5 nitrogen and oxygen atoms in total. The lowest BCUT2D eigenvalue weighted by molar-refractivity contribution is -0.123. The number of fused-ring (bicyclic) bond motifs is 1. The molecule has 0 bridgehead atoms. The third-order valence-corrected chi connectivity index (χ3v) is 9.23. The van der Waals surface area contributed by atoms with E-state index >= 15 is 0 Å². The summed E-state index contributed by atoms with van der Waals surface area (Å²) in [6.07, 6.45) is 5.84. The topological polar surface area (TPSA) is 50.8 Å². The van der Waals surface area contributed by atoms with E-state index in [4.69, 9.17) is 32.7 Å². The van der Waals surface area contributed by atoms with E-state index < -0.39 is 0 Å². The van der Waals surface area contributed by atoms with Gasteiger partial charge in [-0.15, -0.1) is 0 Å². The van der Waals surface area contributed by atoms with Gasteiger partial charge in [-0.05, 0) is 80.0 Å². The Labute approximate surface area is 224 Å². The number of benzene rings is 2. The van der Waals surface area contributed by atoms with Gasteiger partial charge in [0.15, 0.2) is 0 Å². The summed E-state index contributed by atoms with van der Waals surface area (Å²) in [6.45, 7) is 3.31. The van der Waals surface area contributed by atoms with Crippen LogP contribution in [-0.2, 0) is 21.4 Å². The predicted molar refractivity (Wildman–Crippen MR) is 144 cm³/mol. The first-order valence-electron chi connectivity index (χ1n) is 13.0. The van der Waals surface area contributed by atoms with Gasteiger partial charge in [0, 0.05) is 37.6 Å². The van der Waals surface area contributed by atoms with Crippen LogP contribution in [0.15, 0.2) is 42.5 Å². The first-order chi connectivity index (χ1) is 17.4. The molecule has 1 heterocycles. The van der Waals surface area contributed by atoms with Crippen molar-refractivity contribution in [3.05, 3.63) is 63.6 Å². The number of ether oxygens (including phenoxy) is 2. The number of carbonyl (C=O) groups excluding carboxylic acids is 1. The van der Waals surface area contributed by atoms with Crippen molar-refractivity contribution in [3.63, 3.8) is 0 Å². The minimum atomic E-state index is -0.0744. The van der Waals surface area contributed by atoms with Gasteiger partial charge in [0.25, 0.3) is 0 Å². The zero-order valence-electron chi connectivity index (χ0n) is 21.1. The highest BCUT2D eigenvalue weighted by molar-refractivity contribution is 6.42. The van der Waals surface area contributed by atoms with E-state index in [9.17, 15) is 4.79 Å². The van der Waals surface area contributed by atoms with Crippen molar-refractivity contribution in [1.82, 2.24) is 10.2 Å². The van der Waals surface area contributed by atoms with E-state index in [-0.39, 0.29) is 29.9 Å². The molecule has 2 aromatic carbocycles. The van der Waals surface area contributed by atoms with E-state index in [0.29, 0.717) is 16.0 Å². The summed E-state index contributed by atoms with van der Waals surface area (Å²) in [5.74, 6) is 2.11. The number of hydrogen-bond donors (Lipinski definition) is 1. The Morgan fingerprint density at radius 3 is 2.69 bits per heavy atom. The first kappa shape index (κ1) is 25.8. The van der Waals surface area contributed by atoms with Crippen LogP contribution in [-0.4, -0.2) is 56.8 Å². The average molecular weight is 532 g/mol. The molecule has 194 valence electrons. The molecule has 4 unspecified atom stereocenters. The Hall–Kier alpha value is -1.79. The fourth-order valence-electron chi connectivity index (χ4n) is 6.51. The maximum absolute atomic E-state index is 13.1. The highest BCUT2D eigenvalue weighted by Crippen LogP contribution is 2.51. The Balaban J connectivity index is 1.38. The van der Waals surface area contributed by atoms with Gasteiger partial charge in [-0.1, -0.05) is 41.4 Å². The number of nitrogens with zero attached hydrogens (tertiary/aromatic N) is 1. The van der Waals surface area contributed by atoms with Gasteiger partial charge >= 0.3 is 0 Å². The molecule has 3 aliphatic rings. The summed E-state index contributed by atoms with van der Waals surface area (Å²) >= 11 is 12.2. The summed E-state index contributed by atoms with van der Waals surface area (Å²) < 4.78 is 11.8. The molecule has 0 spiro atoms. The van der Waals surface area contributed by atoms with Crippen molar-refractivity contribution >= 4 is 29.1 Å². The Morgan fingerprint density at radius 1 is 1.14 bits per heavy atom. The zero-order valence-corrected chi connectivity index (χ0v) is 22.7. The molecule has 1 aliphatic heterocycles. The Bertz CT molecular complexity index is 1090. The lowest BCUT2D eigenvalue weighted by Crippen LogP contribution is -2.61. The van der Waals surface area contributed by atoms with Gasteiger partial charge in [0.2, 0.25) is 5.91 Å². The number of hydrogen-bond acceptors (Lipinski definition) is 4.